The Bertz CT molecular complexity index is 3110. The molecule has 0 saturated heterocycles. The van der Waals surface area contributed by atoms with Crippen LogP contribution in [0.3, 0.4) is 0 Å². The summed E-state index contributed by atoms with van der Waals surface area (Å²) in [6, 6.07) is 64.8. The van der Waals surface area contributed by atoms with Gasteiger partial charge in [0.15, 0.2) is 0 Å². The van der Waals surface area contributed by atoms with Crippen molar-refractivity contribution in [3.63, 3.8) is 0 Å². The molecule has 0 saturated carbocycles. The fourth-order valence-electron chi connectivity index (χ4n) is 8.09. The molecule has 0 N–H and O–H groups in total. The van der Waals surface area contributed by atoms with Crippen LogP contribution in [0.5, 0.6) is 0 Å². The lowest BCUT2D eigenvalue weighted by molar-refractivity contribution is 1.18. The van der Waals surface area contributed by atoms with Crippen molar-refractivity contribution >= 4 is 60.2 Å². The van der Waals surface area contributed by atoms with Gasteiger partial charge in [-0.05, 0) is 65.0 Å². The van der Waals surface area contributed by atoms with Gasteiger partial charge in [-0.25, -0.2) is 9.97 Å². The Hall–Kier alpha value is -7.04. The lowest BCUT2D eigenvalue weighted by Crippen LogP contribution is -1.96. The normalized spacial score (nSPS) is 11.8. The van der Waals surface area contributed by atoms with E-state index in [-0.39, 0.29) is 0 Å². The molecule has 0 fully saturated rings. The third-order valence-electron chi connectivity index (χ3n) is 10.5. The number of pyridine rings is 2. The average Bonchev–Trinajstić information content (AvgIpc) is 3.76. The summed E-state index contributed by atoms with van der Waals surface area (Å²) in [6.45, 7) is 0. The van der Waals surface area contributed by atoms with Crippen LogP contribution in [0.1, 0.15) is 0 Å². The van der Waals surface area contributed by atoms with Gasteiger partial charge >= 0.3 is 0 Å². The summed E-state index contributed by atoms with van der Waals surface area (Å²) in [6.07, 6.45) is 0. The number of rotatable bonds is 4. The van der Waals surface area contributed by atoms with Crippen molar-refractivity contribution in [1.82, 2.24) is 18.9 Å². The summed E-state index contributed by atoms with van der Waals surface area (Å²) >= 11 is 0. The van der Waals surface area contributed by atoms with Gasteiger partial charge in [-0.1, -0.05) is 133 Å². The van der Waals surface area contributed by atoms with Gasteiger partial charge in [-0.3, -0.25) is 4.40 Å². The predicted octanol–water partition coefficient (Wildman–Crippen LogP) is 12.3. The summed E-state index contributed by atoms with van der Waals surface area (Å²) in [5.74, 6) is 0. The SMILES string of the molecule is c1ccc(-c2cc(-c3ccccc3)nc(-c3cccc(-n4c5ccccc5c5cc6nc7c8ccccc8c8ccccc8n7c6cc54)c3)c2)cc1. The Morgan fingerprint density at radius 3 is 1.69 bits per heavy atom. The molecule has 0 aliphatic carbocycles. The highest BCUT2D eigenvalue weighted by Crippen LogP contribution is 2.39. The number of imidazole rings is 1. The zero-order chi connectivity index (χ0) is 34.2. The number of para-hydroxylation sites is 2. The first kappa shape index (κ1) is 28.8. The Kier molecular flexibility index (Phi) is 6.22. The number of hydrogen-bond donors (Lipinski definition) is 0. The van der Waals surface area contributed by atoms with Gasteiger partial charge < -0.3 is 4.57 Å². The van der Waals surface area contributed by atoms with Crippen molar-refractivity contribution in [3.8, 4) is 39.3 Å². The quantitative estimate of drug-likeness (QED) is 0.176. The van der Waals surface area contributed by atoms with Crippen LogP contribution in [0.15, 0.2) is 182 Å². The van der Waals surface area contributed by atoms with E-state index in [1.54, 1.807) is 0 Å². The maximum absolute atomic E-state index is 5.30. The van der Waals surface area contributed by atoms with Gasteiger partial charge in [0.2, 0.25) is 0 Å². The van der Waals surface area contributed by atoms with E-state index in [9.17, 15) is 0 Å². The third-order valence-corrected chi connectivity index (χ3v) is 10.5. The molecule has 11 aromatic rings. The molecule has 0 radical (unpaired) electrons. The van der Waals surface area contributed by atoms with Crippen LogP contribution in [-0.2, 0) is 0 Å². The first-order chi connectivity index (χ1) is 25.8. The second-order valence-electron chi connectivity index (χ2n) is 13.5. The molecule has 7 aromatic carbocycles. The average molecular weight is 663 g/mol. The fraction of sp³-hybridized carbons (Fsp3) is 0. The van der Waals surface area contributed by atoms with E-state index >= 15 is 0 Å². The topological polar surface area (TPSA) is 35.1 Å². The molecule has 0 aliphatic rings. The molecule has 4 aromatic heterocycles. The number of benzene rings is 7. The van der Waals surface area contributed by atoms with Crippen LogP contribution in [0, 0.1) is 0 Å². The van der Waals surface area contributed by atoms with Gasteiger partial charge in [0.1, 0.15) is 5.65 Å². The Morgan fingerprint density at radius 2 is 0.923 bits per heavy atom. The maximum Gasteiger partial charge on any atom is 0.146 e. The number of nitrogens with zero attached hydrogens (tertiary/aromatic N) is 4. The monoisotopic (exact) mass is 662 g/mol. The summed E-state index contributed by atoms with van der Waals surface area (Å²) < 4.78 is 4.74. The van der Waals surface area contributed by atoms with Crippen molar-refractivity contribution in [2.24, 2.45) is 0 Å². The molecule has 0 spiro atoms. The van der Waals surface area contributed by atoms with E-state index in [2.05, 4.69) is 185 Å². The molecule has 0 bridgehead atoms. The summed E-state index contributed by atoms with van der Waals surface area (Å²) in [4.78, 5) is 10.5. The number of aromatic nitrogens is 4. The van der Waals surface area contributed by atoms with Crippen LogP contribution >= 0.6 is 0 Å². The molecule has 11 rings (SSSR count). The van der Waals surface area contributed by atoms with E-state index in [1.165, 1.54) is 27.1 Å². The standard InChI is InChI=1S/C48H30N4/c1-3-14-31(15-4-1)34-27-41(32-16-5-2-6-17-32)49-42(28-34)33-18-13-19-35(26-33)51-44-24-11-10-22-38(44)40-29-43-47(30-46(40)51)52-45-25-12-9-21-37(45)36-20-7-8-23-39(36)48(52)50-43/h1-30H. The zero-order valence-corrected chi connectivity index (χ0v) is 28.1. The summed E-state index contributed by atoms with van der Waals surface area (Å²) in [7, 11) is 0. The largest absolute Gasteiger partial charge is 0.309 e. The number of fused-ring (bicyclic) bond motifs is 11. The number of hydrogen-bond acceptors (Lipinski definition) is 2. The van der Waals surface area contributed by atoms with E-state index in [1.807, 2.05) is 6.07 Å². The van der Waals surface area contributed by atoms with Crippen molar-refractivity contribution < 1.29 is 0 Å². The second-order valence-corrected chi connectivity index (χ2v) is 13.5. The molecule has 0 amide bonds. The first-order valence-corrected chi connectivity index (χ1v) is 17.7. The van der Waals surface area contributed by atoms with Crippen LogP contribution in [0.25, 0.3) is 99.5 Å². The molecule has 4 nitrogen and oxygen atoms in total. The Labute approximate surface area is 299 Å². The summed E-state index contributed by atoms with van der Waals surface area (Å²) in [5.41, 5.74) is 13.9. The van der Waals surface area contributed by atoms with E-state index in [0.717, 1.165) is 72.4 Å². The molecular formula is C48H30N4. The summed E-state index contributed by atoms with van der Waals surface area (Å²) in [5, 5.41) is 5.98. The van der Waals surface area contributed by atoms with Crippen molar-refractivity contribution in [2.45, 2.75) is 0 Å². The molecule has 52 heavy (non-hydrogen) atoms. The molecule has 0 unspecified atom stereocenters. The van der Waals surface area contributed by atoms with Gasteiger partial charge in [0, 0.05) is 38.4 Å². The van der Waals surface area contributed by atoms with Gasteiger partial charge in [-0.15, -0.1) is 0 Å². The van der Waals surface area contributed by atoms with Crippen molar-refractivity contribution in [1.29, 1.82) is 0 Å². The zero-order valence-electron chi connectivity index (χ0n) is 28.1. The van der Waals surface area contributed by atoms with Crippen molar-refractivity contribution in [2.75, 3.05) is 0 Å². The lowest BCUT2D eigenvalue weighted by atomic mass is 10.00. The van der Waals surface area contributed by atoms with Crippen LogP contribution in [0.4, 0.5) is 0 Å². The predicted molar refractivity (Wildman–Crippen MR) is 216 cm³/mol. The molecule has 4 heterocycles. The minimum absolute atomic E-state index is 0.936. The smallest absolute Gasteiger partial charge is 0.146 e. The fourth-order valence-corrected chi connectivity index (χ4v) is 8.09. The first-order valence-electron chi connectivity index (χ1n) is 17.7. The van der Waals surface area contributed by atoms with Crippen molar-refractivity contribution in [3.05, 3.63) is 182 Å². The van der Waals surface area contributed by atoms with E-state index in [0.29, 0.717) is 0 Å². The van der Waals surface area contributed by atoms with Crippen LogP contribution in [-0.4, -0.2) is 18.9 Å². The van der Waals surface area contributed by atoms with Crippen LogP contribution < -0.4 is 0 Å². The van der Waals surface area contributed by atoms with E-state index < -0.39 is 0 Å². The molecule has 4 heteroatoms. The van der Waals surface area contributed by atoms with E-state index in [4.69, 9.17) is 9.97 Å². The highest BCUT2D eigenvalue weighted by atomic mass is 15.0. The highest BCUT2D eigenvalue weighted by Gasteiger charge is 2.19. The Balaban J connectivity index is 1.17. The molecular weight excluding hydrogens is 633 g/mol. The highest BCUT2D eigenvalue weighted by molar-refractivity contribution is 6.17. The minimum Gasteiger partial charge on any atom is -0.309 e. The third kappa shape index (κ3) is 4.34. The van der Waals surface area contributed by atoms with Gasteiger partial charge in [0.25, 0.3) is 0 Å². The molecule has 242 valence electrons. The minimum atomic E-state index is 0.936. The Morgan fingerprint density at radius 1 is 0.327 bits per heavy atom. The van der Waals surface area contributed by atoms with Crippen LogP contribution in [0.2, 0.25) is 0 Å². The lowest BCUT2D eigenvalue weighted by Gasteiger charge is -2.13. The van der Waals surface area contributed by atoms with Gasteiger partial charge in [0.05, 0.1) is 39.0 Å². The van der Waals surface area contributed by atoms with Gasteiger partial charge in [-0.2, -0.15) is 0 Å². The maximum atomic E-state index is 5.30. The molecule has 0 atom stereocenters. The molecule has 0 aliphatic heterocycles. The second kappa shape index (κ2) is 11.2.